The van der Waals surface area contributed by atoms with Crippen LogP contribution in [0.5, 0.6) is 0 Å². The molecule has 0 heterocycles. The second-order valence-corrected chi connectivity index (χ2v) is 5.67. The molecule has 0 fully saturated rings. The number of rotatable bonds is 2. The van der Waals surface area contributed by atoms with Gasteiger partial charge in [0.05, 0.1) is 10.0 Å². The van der Waals surface area contributed by atoms with Crippen LogP contribution in [0.1, 0.15) is 16.7 Å². The van der Waals surface area contributed by atoms with E-state index in [0.29, 0.717) is 26.5 Å². The van der Waals surface area contributed by atoms with E-state index in [1.165, 1.54) is 0 Å². The second kappa shape index (κ2) is 5.71. The van der Waals surface area contributed by atoms with Gasteiger partial charge in [-0.05, 0) is 48.2 Å². The minimum absolute atomic E-state index is 0.552. The fourth-order valence-electron chi connectivity index (χ4n) is 1.72. The minimum atomic E-state index is 0.552. The molecule has 0 aromatic heterocycles. The predicted octanol–water partition coefficient (Wildman–Crippen LogP) is 6.20. The molecule has 0 aliphatic carbocycles. The van der Waals surface area contributed by atoms with Gasteiger partial charge in [-0.1, -0.05) is 58.5 Å². The molecule has 0 saturated heterocycles. The van der Waals surface area contributed by atoms with Crippen molar-refractivity contribution in [2.45, 2.75) is 13.3 Å². The van der Waals surface area contributed by atoms with Crippen LogP contribution >= 0.6 is 46.4 Å². The lowest BCUT2D eigenvalue weighted by Crippen LogP contribution is -1.92. The summed E-state index contributed by atoms with van der Waals surface area (Å²) >= 11 is 24.2. The maximum absolute atomic E-state index is 6.28. The van der Waals surface area contributed by atoms with Crippen LogP contribution < -0.4 is 0 Å². The van der Waals surface area contributed by atoms with E-state index in [2.05, 4.69) is 0 Å². The zero-order valence-corrected chi connectivity index (χ0v) is 12.6. The summed E-state index contributed by atoms with van der Waals surface area (Å²) < 4.78 is 0. The molecule has 0 atom stereocenters. The molecule has 0 saturated carbocycles. The van der Waals surface area contributed by atoms with Gasteiger partial charge in [-0.2, -0.15) is 0 Å². The molecule has 0 bridgehead atoms. The van der Waals surface area contributed by atoms with E-state index in [9.17, 15) is 0 Å². The van der Waals surface area contributed by atoms with Crippen molar-refractivity contribution in [1.82, 2.24) is 0 Å². The first-order valence-corrected chi connectivity index (χ1v) is 6.87. The van der Waals surface area contributed by atoms with Crippen LogP contribution in [0.4, 0.5) is 0 Å². The van der Waals surface area contributed by atoms with E-state index in [1.54, 1.807) is 6.07 Å². The van der Waals surface area contributed by atoms with E-state index < -0.39 is 0 Å². The highest BCUT2D eigenvalue weighted by Gasteiger charge is 2.08. The topological polar surface area (TPSA) is 0 Å². The lowest BCUT2D eigenvalue weighted by molar-refractivity contribution is 1.18. The van der Waals surface area contributed by atoms with Gasteiger partial charge in [0.1, 0.15) is 0 Å². The zero-order valence-electron chi connectivity index (χ0n) is 9.61. The van der Waals surface area contributed by atoms with Crippen LogP contribution in [-0.2, 0) is 6.42 Å². The van der Waals surface area contributed by atoms with Gasteiger partial charge in [-0.3, -0.25) is 0 Å². The standard InChI is InChI=1S/C14H10Cl4/c1-8-11(15)5-3-10(14(8)18)6-9-2-4-12(16)13(17)7-9/h2-5,7H,6H2,1H3. The fourth-order valence-corrected chi connectivity index (χ4v) is 2.48. The summed E-state index contributed by atoms with van der Waals surface area (Å²) in [6.45, 7) is 1.91. The van der Waals surface area contributed by atoms with Gasteiger partial charge in [-0.25, -0.2) is 0 Å². The smallest absolute Gasteiger partial charge is 0.0595 e. The molecule has 94 valence electrons. The highest BCUT2D eigenvalue weighted by molar-refractivity contribution is 6.42. The van der Waals surface area contributed by atoms with Crippen LogP contribution in [0.15, 0.2) is 30.3 Å². The number of benzene rings is 2. The van der Waals surface area contributed by atoms with Gasteiger partial charge in [0.15, 0.2) is 0 Å². The maximum atomic E-state index is 6.28. The minimum Gasteiger partial charge on any atom is -0.0840 e. The van der Waals surface area contributed by atoms with Crippen molar-refractivity contribution in [2.24, 2.45) is 0 Å². The van der Waals surface area contributed by atoms with Gasteiger partial charge in [0.25, 0.3) is 0 Å². The molecule has 4 heteroatoms. The maximum Gasteiger partial charge on any atom is 0.0595 e. The van der Waals surface area contributed by atoms with E-state index in [1.807, 2.05) is 31.2 Å². The highest BCUT2D eigenvalue weighted by atomic mass is 35.5. The molecule has 0 aliphatic heterocycles. The summed E-state index contributed by atoms with van der Waals surface area (Å²) in [5.74, 6) is 0. The first kappa shape index (κ1) is 14.0. The van der Waals surface area contributed by atoms with Crippen molar-refractivity contribution in [1.29, 1.82) is 0 Å². The van der Waals surface area contributed by atoms with E-state index in [0.717, 1.165) is 16.7 Å². The Labute approximate surface area is 126 Å². The monoisotopic (exact) mass is 318 g/mol. The Kier molecular flexibility index (Phi) is 4.45. The van der Waals surface area contributed by atoms with Gasteiger partial charge in [0.2, 0.25) is 0 Å². The number of hydrogen-bond acceptors (Lipinski definition) is 0. The molecular formula is C14H10Cl4. The highest BCUT2D eigenvalue weighted by Crippen LogP contribution is 2.30. The summed E-state index contributed by atoms with van der Waals surface area (Å²) in [6, 6.07) is 9.37. The van der Waals surface area contributed by atoms with E-state index in [4.69, 9.17) is 46.4 Å². The first-order chi connectivity index (χ1) is 8.49. The Balaban J connectivity index is 2.34. The zero-order chi connectivity index (χ0) is 13.3. The third-order valence-corrected chi connectivity index (χ3v) is 4.45. The Morgan fingerprint density at radius 3 is 2.17 bits per heavy atom. The Hall–Kier alpha value is -0.400. The summed E-state index contributed by atoms with van der Waals surface area (Å²) in [5.41, 5.74) is 2.99. The predicted molar refractivity (Wildman–Crippen MR) is 80.5 cm³/mol. The first-order valence-electron chi connectivity index (χ1n) is 5.36. The average Bonchev–Trinajstić information content (AvgIpc) is 2.34. The van der Waals surface area contributed by atoms with Crippen molar-refractivity contribution in [3.05, 3.63) is 67.1 Å². The van der Waals surface area contributed by atoms with Crippen LogP contribution in [-0.4, -0.2) is 0 Å². The third-order valence-electron chi connectivity index (χ3n) is 2.78. The van der Waals surface area contributed by atoms with Crippen molar-refractivity contribution in [3.63, 3.8) is 0 Å². The molecule has 18 heavy (non-hydrogen) atoms. The number of hydrogen-bond donors (Lipinski definition) is 0. The summed E-state index contributed by atoms with van der Waals surface area (Å²) in [5, 5.41) is 2.49. The van der Waals surface area contributed by atoms with Gasteiger partial charge >= 0.3 is 0 Å². The normalized spacial score (nSPS) is 10.7. The van der Waals surface area contributed by atoms with Crippen LogP contribution in [0.25, 0.3) is 0 Å². The molecule has 0 spiro atoms. The molecular weight excluding hydrogens is 310 g/mol. The molecule has 0 nitrogen and oxygen atoms in total. The second-order valence-electron chi connectivity index (χ2n) is 4.07. The van der Waals surface area contributed by atoms with Gasteiger partial charge in [-0.15, -0.1) is 0 Å². The summed E-state index contributed by atoms with van der Waals surface area (Å²) in [6.07, 6.45) is 0.702. The van der Waals surface area contributed by atoms with Crippen molar-refractivity contribution < 1.29 is 0 Å². The molecule has 0 unspecified atom stereocenters. The lowest BCUT2D eigenvalue weighted by atomic mass is 10.0. The van der Waals surface area contributed by atoms with E-state index in [-0.39, 0.29) is 0 Å². The largest absolute Gasteiger partial charge is 0.0840 e. The Morgan fingerprint density at radius 2 is 1.50 bits per heavy atom. The SMILES string of the molecule is Cc1c(Cl)ccc(Cc2ccc(Cl)c(Cl)c2)c1Cl. The van der Waals surface area contributed by atoms with E-state index >= 15 is 0 Å². The van der Waals surface area contributed by atoms with Gasteiger partial charge < -0.3 is 0 Å². The van der Waals surface area contributed by atoms with Gasteiger partial charge in [0, 0.05) is 10.0 Å². The molecule has 2 rings (SSSR count). The molecule has 0 amide bonds. The lowest BCUT2D eigenvalue weighted by Gasteiger charge is -2.09. The summed E-state index contributed by atoms with van der Waals surface area (Å²) in [4.78, 5) is 0. The van der Waals surface area contributed by atoms with Crippen molar-refractivity contribution in [3.8, 4) is 0 Å². The van der Waals surface area contributed by atoms with Crippen LogP contribution in [0.2, 0.25) is 20.1 Å². The van der Waals surface area contributed by atoms with Crippen LogP contribution in [0, 0.1) is 6.92 Å². The average molecular weight is 320 g/mol. The fraction of sp³-hybridized carbons (Fsp3) is 0.143. The third kappa shape index (κ3) is 2.95. The Morgan fingerprint density at radius 1 is 0.833 bits per heavy atom. The van der Waals surface area contributed by atoms with Crippen molar-refractivity contribution in [2.75, 3.05) is 0 Å². The molecule has 0 radical (unpaired) electrons. The summed E-state index contributed by atoms with van der Waals surface area (Å²) in [7, 11) is 0. The van der Waals surface area contributed by atoms with Crippen LogP contribution in [0.3, 0.4) is 0 Å². The Bertz CT molecular complexity index is 591. The molecule has 2 aromatic rings. The molecule has 2 aromatic carbocycles. The number of halogens is 4. The van der Waals surface area contributed by atoms with Crippen molar-refractivity contribution >= 4 is 46.4 Å². The quantitative estimate of drug-likeness (QED) is 0.618. The molecule has 0 aliphatic rings. The molecule has 0 N–H and O–H groups in total.